The minimum absolute atomic E-state index is 0.0313. The van der Waals surface area contributed by atoms with Crippen molar-refractivity contribution in [1.29, 1.82) is 0 Å². The Labute approximate surface area is 126 Å². The third-order valence-corrected chi connectivity index (χ3v) is 3.69. The number of halogens is 1. The zero-order valence-electron chi connectivity index (χ0n) is 13.0. The van der Waals surface area contributed by atoms with Gasteiger partial charge in [-0.2, -0.15) is 0 Å². The summed E-state index contributed by atoms with van der Waals surface area (Å²) in [5.74, 6) is 0.699. The first-order valence-corrected chi connectivity index (χ1v) is 7.20. The Kier molecular flexibility index (Phi) is 4.97. The summed E-state index contributed by atoms with van der Waals surface area (Å²) in [6.45, 7) is 6.70. The summed E-state index contributed by atoms with van der Waals surface area (Å²) >= 11 is 0. The van der Waals surface area contributed by atoms with E-state index in [-0.39, 0.29) is 11.9 Å². The molecule has 0 spiro atoms. The molecule has 0 bridgehead atoms. The van der Waals surface area contributed by atoms with Gasteiger partial charge in [0.25, 0.3) is 0 Å². The molecule has 0 aromatic heterocycles. The molecule has 3 heteroatoms. The van der Waals surface area contributed by atoms with Crippen LogP contribution in [0.3, 0.4) is 0 Å². The Morgan fingerprint density at radius 1 is 1.05 bits per heavy atom. The van der Waals surface area contributed by atoms with Crippen LogP contribution in [-0.4, -0.2) is 13.7 Å². The van der Waals surface area contributed by atoms with Crippen molar-refractivity contribution in [3.63, 3.8) is 0 Å². The summed E-state index contributed by atoms with van der Waals surface area (Å²) in [6, 6.07) is 11.5. The fourth-order valence-corrected chi connectivity index (χ4v) is 2.50. The molecule has 0 fully saturated rings. The van der Waals surface area contributed by atoms with Crippen LogP contribution in [0.1, 0.15) is 35.2 Å². The zero-order valence-corrected chi connectivity index (χ0v) is 13.0. The van der Waals surface area contributed by atoms with Crippen LogP contribution in [0.15, 0.2) is 36.4 Å². The van der Waals surface area contributed by atoms with E-state index < -0.39 is 0 Å². The first kappa shape index (κ1) is 15.5. The smallest absolute Gasteiger partial charge is 0.126 e. The Morgan fingerprint density at radius 3 is 2.33 bits per heavy atom. The van der Waals surface area contributed by atoms with Crippen LogP contribution in [0.4, 0.5) is 4.39 Å². The summed E-state index contributed by atoms with van der Waals surface area (Å²) in [6.07, 6.45) is 0. The van der Waals surface area contributed by atoms with Crippen molar-refractivity contribution in [2.24, 2.45) is 0 Å². The van der Waals surface area contributed by atoms with Crippen LogP contribution in [0.2, 0.25) is 0 Å². The number of benzene rings is 2. The molecule has 1 N–H and O–H groups in total. The molecule has 1 unspecified atom stereocenters. The lowest BCUT2D eigenvalue weighted by Gasteiger charge is -2.21. The number of hydrogen-bond acceptors (Lipinski definition) is 2. The Morgan fingerprint density at radius 2 is 1.71 bits per heavy atom. The first-order valence-electron chi connectivity index (χ1n) is 7.20. The quantitative estimate of drug-likeness (QED) is 0.892. The van der Waals surface area contributed by atoms with Gasteiger partial charge in [-0.1, -0.05) is 31.2 Å². The third kappa shape index (κ3) is 3.42. The fraction of sp³-hybridized carbons (Fsp3) is 0.333. The standard InChI is InChI=1S/C18H22FNO/c1-5-20-18(14-8-9-16(19)13(3)10-14)15-7-6-12(2)17(11-15)21-4/h6-11,18,20H,5H2,1-4H3. The topological polar surface area (TPSA) is 21.3 Å². The maximum atomic E-state index is 13.5. The third-order valence-electron chi connectivity index (χ3n) is 3.69. The van der Waals surface area contributed by atoms with Gasteiger partial charge in [0, 0.05) is 0 Å². The van der Waals surface area contributed by atoms with Crippen LogP contribution < -0.4 is 10.1 Å². The lowest BCUT2D eigenvalue weighted by molar-refractivity contribution is 0.410. The number of nitrogens with one attached hydrogen (secondary N) is 1. The molecule has 0 aliphatic carbocycles. The van der Waals surface area contributed by atoms with Crippen molar-refractivity contribution >= 4 is 0 Å². The van der Waals surface area contributed by atoms with Gasteiger partial charge in [-0.05, 0) is 54.8 Å². The highest BCUT2D eigenvalue weighted by molar-refractivity contribution is 5.42. The molecule has 0 amide bonds. The van der Waals surface area contributed by atoms with Gasteiger partial charge >= 0.3 is 0 Å². The average Bonchev–Trinajstić information content (AvgIpc) is 2.48. The first-order chi connectivity index (χ1) is 10.1. The molecule has 2 rings (SSSR count). The van der Waals surface area contributed by atoms with Crippen molar-refractivity contribution < 1.29 is 9.13 Å². The van der Waals surface area contributed by atoms with Gasteiger partial charge in [-0.3, -0.25) is 0 Å². The Bertz CT molecular complexity index is 625. The molecule has 2 nitrogen and oxygen atoms in total. The molecule has 1 atom stereocenters. The molecule has 112 valence electrons. The van der Waals surface area contributed by atoms with E-state index in [0.717, 1.165) is 29.0 Å². The average molecular weight is 287 g/mol. The molecule has 0 radical (unpaired) electrons. The lowest BCUT2D eigenvalue weighted by atomic mass is 9.96. The molecule has 2 aromatic carbocycles. The number of aryl methyl sites for hydroxylation is 2. The van der Waals surface area contributed by atoms with Crippen LogP contribution in [-0.2, 0) is 0 Å². The van der Waals surface area contributed by atoms with Gasteiger partial charge in [-0.15, -0.1) is 0 Å². The lowest BCUT2D eigenvalue weighted by Crippen LogP contribution is -2.22. The van der Waals surface area contributed by atoms with Crippen LogP contribution >= 0.6 is 0 Å². The number of rotatable bonds is 5. The fourth-order valence-electron chi connectivity index (χ4n) is 2.50. The molecule has 0 aliphatic rings. The van der Waals surface area contributed by atoms with Gasteiger partial charge in [-0.25, -0.2) is 4.39 Å². The highest BCUT2D eigenvalue weighted by Gasteiger charge is 2.15. The van der Waals surface area contributed by atoms with Crippen LogP contribution in [0.5, 0.6) is 5.75 Å². The molecule has 0 saturated carbocycles. The molecular formula is C18H22FNO. The summed E-state index contributed by atoms with van der Waals surface area (Å²) < 4.78 is 18.9. The van der Waals surface area contributed by atoms with Crippen molar-refractivity contribution in [2.75, 3.05) is 13.7 Å². The Balaban J connectivity index is 2.44. The van der Waals surface area contributed by atoms with E-state index in [1.165, 1.54) is 6.07 Å². The second kappa shape index (κ2) is 6.72. The number of hydrogen-bond donors (Lipinski definition) is 1. The van der Waals surface area contributed by atoms with Gasteiger partial charge in [0.2, 0.25) is 0 Å². The van der Waals surface area contributed by atoms with E-state index in [9.17, 15) is 4.39 Å². The Hall–Kier alpha value is -1.87. The second-order valence-corrected chi connectivity index (χ2v) is 5.23. The molecule has 0 saturated heterocycles. The van der Waals surface area contributed by atoms with Crippen molar-refractivity contribution in [3.8, 4) is 5.75 Å². The predicted molar refractivity (Wildman–Crippen MR) is 84.4 cm³/mol. The van der Waals surface area contributed by atoms with Gasteiger partial charge < -0.3 is 10.1 Å². The predicted octanol–water partition coefficient (Wildman–Crippen LogP) is 4.15. The maximum absolute atomic E-state index is 13.5. The van der Waals surface area contributed by atoms with E-state index in [0.29, 0.717) is 5.56 Å². The van der Waals surface area contributed by atoms with Crippen molar-refractivity contribution in [2.45, 2.75) is 26.8 Å². The van der Waals surface area contributed by atoms with Crippen molar-refractivity contribution in [1.82, 2.24) is 5.32 Å². The summed E-state index contributed by atoms with van der Waals surface area (Å²) in [5.41, 5.74) is 3.94. The van der Waals surface area contributed by atoms with Gasteiger partial charge in [0.15, 0.2) is 0 Å². The molecule has 2 aromatic rings. The summed E-state index contributed by atoms with van der Waals surface area (Å²) in [7, 11) is 1.68. The van der Waals surface area contributed by atoms with E-state index in [2.05, 4.69) is 24.4 Å². The molecule has 0 heterocycles. The van der Waals surface area contributed by atoms with E-state index in [1.54, 1.807) is 14.0 Å². The van der Waals surface area contributed by atoms with Crippen LogP contribution in [0, 0.1) is 19.7 Å². The SMILES string of the molecule is CCNC(c1ccc(F)c(C)c1)c1ccc(C)c(OC)c1. The number of methoxy groups -OCH3 is 1. The summed E-state index contributed by atoms with van der Waals surface area (Å²) in [4.78, 5) is 0. The largest absolute Gasteiger partial charge is 0.496 e. The second-order valence-electron chi connectivity index (χ2n) is 5.23. The number of ether oxygens (including phenoxy) is 1. The molecule has 0 aliphatic heterocycles. The minimum Gasteiger partial charge on any atom is -0.496 e. The van der Waals surface area contributed by atoms with E-state index >= 15 is 0 Å². The van der Waals surface area contributed by atoms with Crippen LogP contribution in [0.25, 0.3) is 0 Å². The molecule has 21 heavy (non-hydrogen) atoms. The monoisotopic (exact) mass is 287 g/mol. The normalized spacial score (nSPS) is 12.2. The van der Waals surface area contributed by atoms with Gasteiger partial charge in [0.1, 0.15) is 11.6 Å². The summed E-state index contributed by atoms with van der Waals surface area (Å²) in [5, 5.41) is 3.45. The zero-order chi connectivity index (χ0) is 15.4. The molecular weight excluding hydrogens is 265 g/mol. The van der Waals surface area contributed by atoms with E-state index in [4.69, 9.17) is 4.74 Å². The maximum Gasteiger partial charge on any atom is 0.126 e. The minimum atomic E-state index is -0.171. The van der Waals surface area contributed by atoms with Gasteiger partial charge in [0.05, 0.1) is 13.2 Å². The van der Waals surface area contributed by atoms with E-state index in [1.807, 2.05) is 25.1 Å². The van der Waals surface area contributed by atoms with Crippen molar-refractivity contribution in [3.05, 3.63) is 64.5 Å². The highest BCUT2D eigenvalue weighted by atomic mass is 19.1. The highest BCUT2D eigenvalue weighted by Crippen LogP contribution is 2.28.